The lowest BCUT2D eigenvalue weighted by atomic mass is 10.2. The maximum absolute atomic E-state index is 12.2. The summed E-state index contributed by atoms with van der Waals surface area (Å²) >= 11 is 6.02. The van der Waals surface area contributed by atoms with Crippen molar-refractivity contribution in [1.82, 2.24) is 15.3 Å². The van der Waals surface area contributed by atoms with E-state index in [4.69, 9.17) is 16.0 Å². The molecule has 0 saturated heterocycles. The first kappa shape index (κ1) is 13.4. The summed E-state index contributed by atoms with van der Waals surface area (Å²) in [4.78, 5) is 30.2. The number of halogens is 1. The van der Waals surface area contributed by atoms with E-state index in [0.29, 0.717) is 5.02 Å². The molecule has 0 spiro atoms. The van der Waals surface area contributed by atoms with Gasteiger partial charge in [0.1, 0.15) is 11.6 Å². The second kappa shape index (κ2) is 5.41. The maximum Gasteiger partial charge on any atom is 0.262 e. The molecule has 0 atom stereocenters. The summed E-state index contributed by atoms with van der Waals surface area (Å²) < 4.78 is 5.11. The van der Waals surface area contributed by atoms with Crippen molar-refractivity contribution in [1.29, 1.82) is 0 Å². The first-order valence-corrected chi connectivity index (χ1v) is 6.51. The van der Waals surface area contributed by atoms with Crippen LogP contribution in [0.4, 0.5) is 0 Å². The summed E-state index contributed by atoms with van der Waals surface area (Å²) in [6.07, 6.45) is 2.44. The average Bonchev–Trinajstić information content (AvgIpc) is 2.92. The Labute approximate surface area is 123 Å². The van der Waals surface area contributed by atoms with E-state index < -0.39 is 11.5 Å². The minimum atomic E-state index is -0.424. The normalized spacial score (nSPS) is 10.7. The highest BCUT2D eigenvalue weighted by Gasteiger charge is 2.17. The maximum atomic E-state index is 12.2. The highest BCUT2D eigenvalue weighted by Crippen LogP contribution is 2.16. The molecule has 1 amide bonds. The topological polar surface area (TPSA) is 88.0 Å². The van der Waals surface area contributed by atoms with Crippen LogP contribution in [0.5, 0.6) is 0 Å². The summed E-state index contributed by atoms with van der Waals surface area (Å²) in [6.45, 7) is 0.253. The number of furan rings is 1. The third-order valence-corrected chi connectivity index (χ3v) is 3.39. The zero-order valence-corrected chi connectivity index (χ0v) is 11.5. The van der Waals surface area contributed by atoms with Gasteiger partial charge in [-0.2, -0.15) is 0 Å². The van der Waals surface area contributed by atoms with Gasteiger partial charge in [-0.15, -0.1) is 0 Å². The Balaban J connectivity index is 1.85. The number of fused-ring (bicyclic) bond motifs is 1. The molecule has 0 aliphatic carbocycles. The van der Waals surface area contributed by atoms with Gasteiger partial charge in [0.05, 0.1) is 11.9 Å². The van der Waals surface area contributed by atoms with Crippen LogP contribution in [-0.4, -0.2) is 15.9 Å². The lowest BCUT2D eigenvalue weighted by Crippen LogP contribution is -2.24. The van der Waals surface area contributed by atoms with Crippen molar-refractivity contribution in [2.24, 2.45) is 0 Å². The summed E-state index contributed by atoms with van der Waals surface area (Å²) in [5.41, 5.74) is 0.636. The SMILES string of the molecule is O=C(NCc1ccccc1Cl)c1coc2nc[nH]c(=O)c12. The van der Waals surface area contributed by atoms with E-state index in [1.165, 1.54) is 12.6 Å². The fourth-order valence-corrected chi connectivity index (χ4v) is 2.17. The van der Waals surface area contributed by atoms with Crippen LogP contribution < -0.4 is 10.9 Å². The highest BCUT2D eigenvalue weighted by atomic mass is 35.5. The van der Waals surface area contributed by atoms with E-state index >= 15 is 0 Å². The van der Waals surface area contributed by atoms with Crippen molar-refractivity contribution < 1.29 is 9.21 Å². The number of H-pyrrole nitrogens is 1. The monoisotopic (exact) mass is 303 g/mol. The molecule has 3 aromatic rings. The predicted octanol–water partition coefficient (Wildman–Crippen LogP) is 2.10. The van der Waals surface area contributed by atoms with Crippen LogP contribution in [0.1, 0.15) is 15.9 Å². The molecule has 1 aromatic carbocycles. The molecular weight excluding hydrogens is 294 g/mol. The Kier molecular flexibility index (Phi) is 3.45. The number of amides is 1. The van der Waals surface area contributed by atoms with Gasteiger partial charge in [0.2, 0.25) is 5.71 Å². The minimum Gasteiger partial charge on any atom is -0.445 e. The number of carbonyl (C=O) groups is 1. The zero-order chi connectivity index (χ0) is 14.8. The quantitative estimate of drug-likeness (QED) is 0.775. The van der Waals surface area contributed by atoms with Gasteiger partial charge in [-0.05, 0) is 11.6 Å². The third-order valence-electron chi connectivity index (χ3n) is 3.02. The number of benzene rings is 1. The van der Waals surface area contributed by atoms with E-state index in [0.717, 1.165) is 5.56 Å². The van der Waals surface area contributed by atoms with Gasteiger partial charge in [0.15, 0.2) is 0 Å². The minimum absolute atomic E-state index is 0.127. The molecule has 7 heteroatoms. The molecule has 0 aliphatic heterocycles. The van der Waals surface area contributed by atoms with Crippen molar-refractivity contribution in [2.45, 2.75) is 6.54 Å². The Morgan fingerprint density at radius 3 is 3.00 bits per heavy atom. The molecule has 21 heavy (non-hydrogen) atoms. The van der Waals surface area contributed by atoms with Crippen molar-refractivity contribution in [3.63, 3.8) is 0 Å². The Hall–Kier alpha value is -2.60. The molecule has 2 heterocycles. The van der Waals surface area contributed by atoms with Gasteiger partial charge in [-0.3, -0.25) is 9.59 Å². The van der Waals surface area contributed by atoms with E-state index in [1.54, 1.807) is 6.07 Å². The number of carbonyl (C=O) groups excluding carboxylic acids is 1. The number of hydrogen-bond donors (Lipinski definition) is 2. The van der Waals surface area contributed by atoms with E-state index in [1.807, 2.05) is 18.2 Å². The molecule has 2 aromatic heterocycles. The molecule has 6 nitrogen and oxygen atoms in total. The number of nitrogens with zero attached hydrogens (tertiary/aromatic N) is 1. The van der Waals surface area contributed by atoms with Crippen molar-refractivity contribution >= 4 is 28.6 Å². The lowest BCUT2D eigenvalue weighted by Gasteiger charge is -2.05. The van der Waals surface area contributed by atoms with Crippen LogP contribution >= 0.6 is 11.6 Å². The van der Waals surface area contributed by atoms with Gasteiger partial charge < -0.3 is 14.7 Å². The second-order valence-corrected chi connectivity index (χ2v) is 4.74. The molecule has 0 unspecified atom stereocenters. The lowest BCUT2D eigenvalue weighted by molar-refractivity contribution is 0.0951. The van der Waals surface area contributed by atoms with Crippen LogP contribution in [0.15, 0.2) is 46.1 Å². The molecule has 0 radical (unpaired) electrons. The Morgan fingerprint density at radius 2 is 2.19 bits per heavy atom. The van der Waals surface area contributed by atoms with Crippen molar-refractivity contribution in [2.75, 3.05) is 0 Å². The second-order valence-electron chi connectivity index (χ2n) is 4.34. The van der Waals surface area contributed by atoms with E-state index in [2.05, 4.69) is 15.3 Å². The predicted molar refractivity (Wildman–Crippen MR) is 77.3 cm³/mol. The summed E-state index contributed by atoms with van der Waals surface area (Å²) in [5.74, 6) is -0.424. The van der Waals surface area contributed by atoms with Gasteiger partial charge in [-0.1, -0.05) is 29.8 Å². The molecule has 0 saturated carbocycles. The Morgan fingerprint density at radius 1 is 1.38 bits per heavy atom. The summed E-state index contributed by atoms with van der Waals surface area (Å²) in [7, 11) is 0. The number of nitrogens with one attached hydrogen (secondary N) is 2. The molecule has 106 valence electrons. The number of hydrogen-bond acceptors (Lipinski definition) is 4. The number of rotatable bonds is 3. The fraction of sp³-hybridized carbons (Fsp3) is 0.0714. The first-order valence-electron chi connectivity index (χ1n) is 6.13. The van der Waals surface area contributed by atoms with Crippen LogP contribution in [-0.2, 0) is 6.54 Å². The molecule has 2 N–H and O–H groups in total. The van der Waals surface area contributed by atoms with Gasteiger partial charge in [0.25, 0.3) is 11.5 Å². The zero-order valence-electron chi connectivity index (χ0n) is 10.7. The third kappa shape index (κ3) is 2.53. The fourth-order valence-electron chi connectivity index (χ4n) is 1.96. The van der Waals surface area contributed by atoms with Crippen molar-refractivity contribution in [3.05, 3.63) is 63.4 Å². The smallest absolute Gasteiger partial charge is 0.262 e. The number of aromatic nitrogens is 2. The molecule has 0 aliphatic rings. The largest absolute Gasteiger partial charge is 0.445 e. The Bertz CT molecular complexity index is 869. The van der Waals surface area contributed by atoms with Crippen LogP contribution in [0.2, 0.25) is 5.02 Å². The standard InChI is InChI=1S/C14H10ClN3O3/c15-10-4-2-1-3-8(10)5-16-12(19)9-6-21-14-11(9)13(20)17-7-18-14/h1-4,6-7H,5H2,(H,16,19)(H,17,18,20). The summed E-state index contributed by atoms with van der Waals surface area (Å²) in [6, 6.07) is 7.19. The van der Waals surface area contributed by atoms with Crippen LogP contribution in [0.3, 0.4) is 0 Å². The molecule has 0 bridgehead atoms. The molecule has 3 rings (SSSR count). The van der Waals surface area contributed by atoms with Gasteiger partial charge >= 0.3 is 0 Å². The van der Waals surface area contributed by atoms with Gasteiger partial charge in [-0.25, -0.2) is 4.98 Å². The molecule has 0 fully saturated rings. The van der Waals surface area contributed by atoms with Crippen LogP contribution in [0.25, 0.3) is 11.1 Å². The first-order chi connectivity index (χ1) is 10.2. The van der Waals surface area contributed by atoms with E-state index in [-0.39, 0.29) is 23.2 Å². The van der Waals surface area contributed by atoms with E-state index in [9.17, 15) is 9.59 Å². The molecular formula is C14H10ClN3O3. The van der Waals surface area contributed by atoms with Crippen LogP contribution in [0, 0.1) is 0 Å². The number of aromatic amines is 1. The van der Waals surface area contributed by atoms with Crippen molar-refractivity contribution in [3.8, 4) is 0 Å². The summed E-state index contributed by atoms with van der Waals surface area (Å²) in [5, 5.41) is 3.40. The van der Waals surface area contributed by atoms with Gasteiger partial charge in [0, 0.05) is 11.6 Å². The highest BCUT2D eigenvalue weighted by molar-refractivity contribution is 6.31. The average molecular weight is 304 g/mol.